The van der Waals surface area contributed by atoms with Crippen molar-refractivity contribution in [2.75, 3.05) is 12.4 Å². The Morgan fingerprint density at radius 1 is 1.50 bits per heavy atom. The third kappa shape index (κ3) is 2.68. The number of carbonyl (C=O) groups is 1. The summed E-state index contributed by atoms with van der Waals surface area (Å²) in [6.07, 6.45) is 0.822. The predicted molar refractivity (Wildman–Crippen MR) is 49.6 cm³/mol. The van der Waals surface area contributed by atoms with E-state index in [-0.39, 0.29) is 6.61 Å². The Bertz CT molecular complexity index is 260. The fourth-order valence-electron chi connectivity index (χ4n) is 0.841. The summed E-state index contributed by atoms with van der Waals surface area (Å²) in [5, 5.41) is 8.56. The first-order chi connectivity index (χ1) is 5.86. The van der Waals surface area contributed by atoms with E-state index in [0.29, 0.717) is 11.3 Å². The van der Waals surface area contributed by atoms with Crippen LogP contribution in [0, 0.1) is 0 Å². The lowest BCUT2D eigenvalue weighted by atomic mass is 10.2. The molecule has 12 heavy (non-hydrogen) atoms. The average Bonchev–Trinajstić information content (AvgIpc) is 2.15. The fourth-order valence-corrected chi connectivity index (χ4v) is 1.56. The van der Waals surface area contributed by atoms with Crippen LogP contribution in [0.1, 0.15) is 10.4 Å². The summed E-state index contributed by atoms with van der Waals surface area (Å²) in [6, 6.07) is 7.33. The summed E-state index contributed by atoms with van der Waals surface area (Å²) < 4.78 is 0. The van der Waals surface area contributed by atoms with E-state index in [4.69, 9.17) is 5.11 Å². The van der Waals surface area contributed by atoms with Gasteiger partial charge in [-0.3, -0.25) is 4.79 Å². The normalized spacial score (nSPS) is 9.75. The number of aldehydes is 1. The number of carbonyl (C=O) groups excluding carboxylic acids is 1. The van der Waals surface area contributed by atoms with Crippen LogP contribution >= 0.6 is 11.8 Å². The highest BCUT2D eigenvalue weighted by Gasteiger charge is 1.94. The maximum Gasteiger partial charge on any atom is 0.150 e. The van der Waals surface area contributed by atoms with Gasteiger partial charge in [-0.15, -0.1) is 11.8 Å². The summed E-state index contributed by atoms with van der Waals surface area (Å²) in [4.78, 5) is 11.4. The first-order valence-corrected chi connectivity index (χ1v) is 4.64. The second-order valence-corrected chi connectivity index (χ2v) is 3.43. The Labute approximate surface area is 75.6 Å². The summed E-state index contributed by atoms with van der Waals surface area (Å²) in [7, 11) is 0. The molecule has 0 radical (unpaired) electrons. The Kier molecular flexibility index (Phi) is 3.84. The van der Waals surface area contributed by atoms with Crippen LogP contribution in [0.4, 0.5) is 0 Å². The second kappa shape index (κ2) is 4.95. The summed E-state index contributed by atoms with van der Waals surface area (Å²) in [5.41, 5.74) is 0.679. The molecule has 0 fully saturated rings. The lowest BCUT2D eigenvalue weighted by Crippen LogP contribution is -1.86. The van der Waals surface area contributed by atoms with Gasteiger partial charge in [0.25, 0.3) is 0 Å². The van der Waals surface area contributed by atoms with Gasteiger partial charge in [0.2, 0.25) is 0 Å². The topological polar surface area (TPSA) is 37.3 Å². The molecule has 0 aliphatic carbocycles. The van der Waals surface area contributed by atoms with Gasteiger partial charge in [-0.1, -0.05) is 12.1 Å². The van der Waals surface area contributed by atoms with Crippen molar-refractivity contribution in [3.05, 3.63) is 29.8 Å². The maximum atomic E-state index is 10.4. The standard InChI is InChI=1S/C9H10O2S/c10-4-5-12-9-3-1-2-8(6-9)7-11/h1-3,6-7,10H,4-5H2. The lowest BCUT2D eigenvalue weighted by molar-refractivity contribution is 0.112. The molecule has 0 bridgehead atoms. The average molecular weight is 182 g/mol. The van der Waals surface area contributed by atoms with Crippen LogP contribution in [0.3, 0.4) is 0 Å². The molecule has 2 nitrogen and oxygen atoms in total. The maximum absolute atomic E-state index is 10.4. The number of aliphatic hydroxyl groups is 1. The molecular formula is C9H10O2S. The third-order valence-corrected chi connectivity index (χ3v) is 2.33. The number of hydrogen-bond acceptors (Lipinski definition) is 3. The molecule has 0 saturated heterocycles. The zero-order valence-electron chi connectivity index (χ0n) is 6.56. The minimum absolute atomic E-state index is 0.163. The molecule has 1 aromatic rings. The SMILES string of the molecule is O=Cc1cccc(SCCO)c1. The van der Waals surface area contributed by atoms with Gasteiger partial charge in [0.15, 0.2) is 0 Å². The molecule has 0 atom stereocenters. The Balaban J connectivity index is 2.66. The Hall–Kier alpha value is -0.800. The second-order valence-electron chi connectivity index (χ2n) is 2.26. The first kappa shape index (κ1) is 9.29. The molecule has 0 aliphatic rings. The lowest BCUT2D eigenvalue weighted by Gasteiger charge is -1.98. The van der Waals surface area contributed by atoms with Gasteiger partial charge in [0.1, 0.15) is 6.29 Å². The van der Waals surface area contributed by atoms with Crippen molar-refractivity contribution >= 4 is 18.0 Å². The molecule has 0 saturated carbocycles. The van der Waals surface area contributed by atoms with Crippen LogP contribution in [0.25, 0.3) is 0 Å². The van der Waals surface area contributed by atoms with E-state index in [0.717, 1.165) is 11.2 Å². The van der Waals surface area contributed by atoms with Gasteiger partial charge in [0.05, 0.1) is 6.61 Å². The molecule has 0 heterocycles. The highest BCUT2D eigenvalue weighted by atomic mass is 32.2. The van der Waals surface area contributed by atoms with Crippen LogP contribution < -0.4 is 0 Å². The third-order valence-electron chi connectivity index (χ3n) is 1.35. The molecule has 0 aliphatic heterocycles. The molecule has 0 aromatic heterocycles. The van der Waals surface area contributed by atoms with Gasteiger partial charge in [-0.25, -0.2) is 0 Å². The minimum atomic E-state index is 0.163. The molecule has 3 heteroatoms. The summed E-state index contributed by atoms with van der Waals surface area (Å²) in [6.45, 7) is 0.163. The first-order valence-electron chi connectivity index (χ1n) is 3.65. The van der Waals surface area contributed by atoms with E-state index < -0.39 is 0 Å². The van der Waals surface area contributed by atoms with E-state index in [1.54, 1.807) is 17.8 Å². The van der Waals surface area contributed by atoms with Gasteiger partial charge in [0, 0.05) is 16.2 Å². The van der Waals surface area contributed by atoms with Crippen molar-refractivity contribution < 1.29 is 9.90 Å². The highest BCUT2D eigenvalue weighted by molar-refractivity contribution is 7.99. The van der Waals surface area contributed by atoms with Crippen molar-refractivity contribution in [1.82, 2.24) is 0 Å². The zero-order valence-corrected chi connectivity index (χ0v) is 7.38. The van der Waals surface area contributed by atoms with Crippen molar-refractivity contribution in [3.8, 4) is 0 Å². The molecular weight excluding hydrogens is 172 g/mol. The van der Waals surface area contributed by atoms with Gasteiger partial charge < -0.3 is 5.11 Å². The quantitative estimate of drug-likeness (QED) is 0.567. The molecule has 1 aromatic carbocycles. The van der Waals surface area contributed by atoms with Gasteiger partial charge >= 0.3 is 0 Å². The van der Waals surface area contributed by atoms with Gasteiger partial charge in [-0.05, 0) is 12.1 Å². The van der Waals surface area contributed by atoms with E-state index in [1.165, 1.54) is 0 Å². The largest absolute Gasteiger partial charge is 0.396 e. The van der Waals surface area contributed by atoms with E-state index in [2.05, 4.69) is 0 Å². The number of aliphatic hydroxyl groups excluding tert-OH is 1. The molecule has 0 spiro atoms. The monoisotopic (exact) mass is 182 g/mol. The molecule has 0 amide bonds. The molecule has 1 N–H and O–H groups in total. The van der Waals surface area contributed by atoms with Crippen molar-refractivity contribution in [1.29, 1.82) is 0 Å². The number of hydrogen-bond donors (Lipinski definition) is 1. The van der Waals surface area contributed by atoms with Crippen molar-refractivity contribution in [2.45, 2.75) is 4.90 Å². The van der Waals surface area contributed by atoms with Crippen LogP contribution in [-0.4, -0.2) is 23.8 Å². The van der Waals surface area contributed by atoms with Gasteiger partial charge in [-0.2, -0.15) is 0 Å². The van der Waals surface area contributed by atoms with Crippen molar-refractivity contribution in [2.24, 2.45) is 0 Å². The molecule has 64 valence electrons. The van der Waals surface area contributed by atoms with Crippen LogP contribution in [0.15, 0.2) is 29.2 Å². The Morgan fingerprint density at radius 2 is 2.33 bits per heavy atom. The van der Waals surface area contributed by atoms with Crippen molar-refractivity contribution in [3.63, 3.8) is 0 Å². The minimum Gasteiger partial charge on any atom is -0.396 e. The van der Waals surface area contributed by atoms with Crippen LogP contribution in [-0.2, 0) is 0 Å². The fraction of sp³-hybridized carbons (Fsp3) is 0.222. The number of thioether (sulfide) groups is 1. The smallest absolute Gasteiger partial charge is 0.150 e. The van der Waals surface area contributed by atoms with Crippen LogP contribution in [0.5, 0.6) is 0 Å². The molecule has 0 unspecified atom stereocenters. The predicted octanol–water partition coefficient (Wildman–Crippen LogP) is 1.58. The molecule has 1 rings (SSSR count). The number of rotatable bonds is 4. The zero-order chi connectivity index (χ0) is 8.81. The highest BCUT2D eigenvalue weighted by Crippen LogP contribution is 2.17. The summed E-state index contributed by atoms with van der Waals surface area (Å²) in [5.74, 6) is 0.669. The van der Waals surface area contributed by atoms with Crippen LogP contribution in [0.2, 0.25) is 0 Å². The summed E-state index contributed by atoms with van der Waals surface area (Å²) >= 11 is 1.54. The van der Waals surface area contributed by atoms with E-state index in [1.807, 2.05) is 18.2 Å². The number of benzene rings is 1. The van der Waals surface area contributed by atoms with E-state index >= 15 is 0 Å². The Morgan fingerprint density at radius 3 is 3.00 bits per heavy atom. The van der Waals surface area contributed by atoms with E-state index in [9.17, 15) is 4.79 Å².